The second-order valence-electron chi connectivity index (χ2n) is 5.36. The Morgan fingerprint density at radius 1 is 1.18 bits per heavy atom. The van der Waals surface area contributed by atoms with Gasteiger partial charge in [0.25, 0.3) is 5.91 Å². The van der Waals surface area contributed by atoms with Crippen molar-refractivity contribution in [2.45, 2.75) is 38.7 Å². The van der Waals surface area contributed by atoms with E-state index in [-0.39, 0.29) is 5.91 Å². The van der Waals surface area contributed by atoms with Gasteiger partial charge in [0, 0.05) is 19.9 Å². The van der Waals surface area contributed by atoms with E-state index in [2.05, 4.69) is 12.2 Å². The highest BCUT2D eigenvalue weighted by molar-refractivity contribution is 5.97. The third-order valence-electron chi connectivity index (χ3n) is 3.61. The molecule has 0 aliphatic rings. The maximum atomic E-state index is 12.4. The van der Waals surface area contributed by atoms with E-state index in [0.717, 1.165) is 24.3 Å². The molecular formula is C17H27NO4. The van der Waals surface area contributed by atoms with E-state index in [1.807, 2.05) is 31.2 Å². The van der Waals surface area contributed by atoms with Gasteiger partial charge in [-0.2, -0.15) is 0 Å². The van der Waals surface area contributed by atoms with Crippen LogP contribution in [0.2, 0.25) is 0 Å². The van der Waals surface area contributed by atoms with Gasteiger partial charge in [-0.25, -0.2) is 0 Å². The summed E-state index contributed by atoms with van der Waals surface area (Å²) in [4.78, 5) is 12.4. The zero-order valence-corrected chi connectivity index (χ0v) is 14.0. The third-order valence-corrected chi connectivity index (χ3v) is 3.61. The van der Waals surface area contributed by atoms with Crippen molar-refractivity contribution in [3.05, 3.63) is 24.3 Å². The van der Waals surface area contributed by atoms with E-state index in [9.17, 15) is 4.79 Å². The second-order valence-corrected chi connectivity index (χ2v) is 5.36. The van der Waals surface area contributed by atoms with Crippen LogP contribution < -0.4 is 10.1 Å². The Kier molecular flexibility index (Phi) is 7.91. The molecule has 1 rings (SSSR count). The number of carbonyl (C=O) groups is 1. The number of benzene rings is 1. The van der Waals surface area contributed by atoms with Crippen LogP contribution in [0.3, 0.4) is 0 Å². The molecule has 1 N–H and O–H groups in total. The van der Waals surface area contributed by atoms with Gasteiger partial charge in [-0.15, -0.1) is 0 Å². The highest BCUT2D eigenvalue weighted by atomic mass is 16.5. The number of nitrogens with one attached hydrogen (secondary N) is 1. The third kappa shape index (κ3) is 5.66. The average molecular weight is 309 g/mol. The van der Waals surface area contributed by atoms with Gasteiger partial charge >= 0.3 is 0 Å². The smallest absolute Gasteiger partial charge is 0.256 e. The molecule has 1 amide bonds. The minimum atomic E-state index is -0.802. The molecule has 0 fully saturated rings. The number of rotatable bonds is 10. The number of hydrogen-bond acceptors (Lipinski definition) is 4. The summed E-state index contributed by atoms with van der Waals surface area (Å²) in [6, 6.07) is 7.27. The predicted octanol–water partition coefficient (Wildman–Crippen LogP) is 3.25. The molecule has 0 spiro atoms. The Labute approximate surface area is 132 Å². The number of carbonyl (C=O) groups excluding carboxylic acids is 1. The molecule has 1 aromatic carbocycles. The number of unbranched alkanes of at least 4 members (excludes halogenated alkanes) is 1. The molecule has 5 heteroatoms. The van der Waals surface area contributed by atoms with Crippen molar-refractivity contribution in [2.75, 3.05) is 32.8 Å². The maximum absolute atomic E-state index is 12.4. The molecule has 0 aromatic heterocycles. The summed E-state index contributed by atoms with van der Waals surface area (Å²) in [5, 5.41) is 2.89. The lowest BCUT2D eigenvalue weighted by Gasteiger charge is -2.26. The SMILES string of the molecule is CCCC[C@@](C)(OC)C(=O)Nc1ccc(OCCOC)cc1. The van der Waals surface area contributed by atoms with Gasteiger partial charge in [-0.3, -0.25) is 4.79 Å². The van der Waals surface area contributed by atoms with Gasteiger partial charge in [-0.05, 0) is 37.6 Å². The van der Waals surface area contributed by atoms with Crippen LogP contribution in [0.15, 0.2) is 24.3 Å². The number of methoxy groups -OCH3 is 2. The van der Waals surface area contributed by atoms with Crippen LogP contribution >= 0.6 is 0 Å². The average Bonchev–Trinajstić information content (AvgIpc) is 2.54. The van der Waals surface area contributed by atoms with E-state index in [1.165, 1.54) is 0 Å². The lowest BCUT2D eigenvalue weighted by Crippen LogP contribution is -2.41. The summed E-state index contributed by atoms with van der Waals surface area (Å²) in [6.07, 6.45) is 2.67. The van der Waals surface area contributed by atoms with Crippen LogP contribution in [0.5, 0.6) is 5.75 Å². The van der Waals surface area contributed by atoms with Crippen molar-refractivity contribution in [3.63, 3.8) is 0 Å². The van der Waals surface area contributed by atoms with Gasteiger partial charge in [-0.1, -0.05) is 19.8 Å². The van der Waals surface area contributed by atoms with Gasteiger partial charge in [0.15, 0.2) is 0 Å². The second kappa shape index (κ2) is 9.43. The van der Waals surface area contributed by atoms with Gasteiger partial charge in [0.1, 0.15) is 18.0 Å². The number of anilines is 1. The van der Waals surface area contributed by atoms with Crippen LogP contribution in [-0.2, 0) is 14.3 Å². The lowest BCUT2D eigenvalue weighted by molar-refractivity contribution is -0.136. The van der Waals surface area contributed by atoms with Crippen molar-refractivity contribution in [1.82, 2.24) is 0 Å². The van der Waals surface area contributed by atoms with E-state index >= 15 is 0 Å². The quantitative estimate of drug-likeness (QED) is 0.674. The molecule has 0 aliphatic carbocycles. The fraction of sp³-hybridized carbons (Fsp3) is 0.588. The Morgan fingerprint density at radius 2 is 1.86 bits per heavy atom. The molecule has 0 heterocycles. The van der Waals surface area contributed by atoms with Crippen molar-refractivity contribution >= 4 is 11.6 Å². The zero-order valence-electron chi connectivity index (χ0n) is 14.0. The monoisotopic (exact) mass is 309 g/mol. The van der Waals surface area contributed by atoms with E-state index in [4.69, 9.17) is 14.2 Å². The Balaban J connectivity index is 2.59. The molecule has 1 atom stereocenters. The fourth-order valence-corrected chi connectivity index (χ4v) is 1.96. The van der Waals surface area contributed by atoms with Crippen molar-refractivity contribution in [1.29, 1.82) is 0 Å². The summed E-state index contributed by atoms with van der Waals surface area (Å²) in [6.45, 7) is 4.96. The molecule has 124 valence electrons. The first kappa shape index (κ1) is 18.5. The van der Waals surface area contributed by atoms with E-state index < -0.39 is 5.60 Å². The van der Waals surface area contributed by atoms with Gasteiger partial charge < -0.3 is 19.5 Å². The summed E-state index contributed by atoms with van der Waals surface area (Å²) in [7, 11) is 3.20. The topological polar surface area (TPSA) is 56.8 Å². The van der Waals surface area contributed by atoms with Crippen molar-refractivity contribution < 1.29 is 19.0 Å². The Bertz CT molecular complexity index is 446. The maximum Gasteiger partial charge on any atom is 0.256 e. The van der Waals surface area contributed by atoms with Gasteiger partial charge in [0.2, 0.25) is 0 Å². The molecule has 0 saturated heterocycles. The van der Waals surface area contributed by atoms with Gasteiger partial charge in [0.05, 0.1) is 6.61 Å². The predicted molar refractivity (Wildman–Crippen MR) is 87.4 cm³/mol. The first-order valence-corrected chi connectivity index (χ1v) is 7.64. The van der Waals surface area contributed by atoms with E-state index in [0.29, 0.717) is 19.6 Å². The molecule has 0 bridgehead atoms. The molecule has 0 unspecified atom stereocenters. The molecule has 0 saturated carbocycles. The molecule has 5 nitrogen and oxygen atoms in total. The van der Waals surface area contributed by atoms with Crippen molar-refractivity contribution in [2.24, 2.45) is 0 Å². The molecular weight excluding hydrogens is 282 g/mol. The zero-order chi connectivity index (χ0) is 16.4. The minimum Gasteiger partial charge on any atom is -0.491 e. The molecule has 0 radical (unpaired) electrons. The number of ether oxygens (including phenoxy) is 3. The van der Waals surface area contributed by atoms with Crippen LogP contribution in [0.4, 0.5) is 5.69 Å². The Morgan fingerprint density at radius 3 is 2.41 bits per heavy atom. The summed E-state index contributed by atoms with van der Waals surface area (Å²) in [5.74, 6) is 0.618. The summed E-state index contributed by atoms with van der Waals surface area (Å²) >= 11 is 0. The standard InChI is InChI=1S/C17H27NO4/c1-5-6-11-17(2,21-4)16(19)18-14-7-9-15(10-8-14)22-13-12-20-3/h7-10H,5-6,11-13H2,1-4H3,(H,18,19)/t17-/m1/s1. The normalized spacial score (nSPS) is 13.5. The lowest BCUT2D eigenvalue weighted by atomic mass is 9.97. The summed E-state index contributed by atoms with van der Waals surface area (Å²) < 4.78 is 15.8. The van der Waals surface area contributed by atoms with Crippen LogP contribution in [-0.4, -0.2) is 38.9 Å². The first-order valence-electron chi connectivity index (χ1n) is 7.64. The van der Waals surface area contributed by atoms with Crippen LogP contribution in [0.1, 0.15) is 33.1 Å². The largest absolute Gasteiger partial charge is 0.491 e. The number of hydrogen-bond donors (Lipinski definition) is 1. The molecule has 1 aromatic rings. The molecule has 0 aliphatic heterocycles. The first-order chi connectivity index (χ1) is 10.6. The van der Waals surface area contributed by atoms with E-state index in [1.54, 1.807) is 14.2 Å². The highest BCUT2D eigenvalue weighted by Crippen LogP contribution is 2.22. The Hall–Kier alpha value is -1.59. The number of amides is 1. The highest BCUT2D eigenvalue weighted by Gasteiger charge is 2.32. The fourth-order valence-electron chi connectivity index (χ4n) is 1.96. The van der Waals surface area contributed by atoms with Crippen molar-refractivity contribution in [3.8, 4) is 5.75 Å². The minimum absolute atomic E-state index is 0.128. The van der Waals surface area contributed by atoms with Crippen LogP contribution in [0, 0.1) is 0 Å². The summed E-state index contributed by atoms with van der Waals surface area (Å²) in [5.41, 5.74) is -0.0761. The van der Waals surface area contributed by atoms with Crippen LogP contribution in [0.25, 0.3) is 0 Å². The molecule has 22 heavy (non-hydrogen) atoms.